The number of hydrogen-bond acceptors (Lipinski definition) is 2. The maximum atomic E-state index is 11.7. The van der Waals surface area contributed by atoms with E-state index < -0.39 is 0 Å². The molecule has 3 aromatic rings. The monoisotopic (exact) mass is 324 g/mol. The summed E-state index contributed by atoms with van der Waals surface area (Å²) < 4.78 is 5.21. The average molecular weight is 324 g/mol. The van der Waals surface area contributed by atoms with Gasteiger partial charge in [-0.3, -0.25) is 0 Å². The van der Waals surface area contributed by atoms with Crippen LogP contribution in [0.1, 0.15) is 25.8 Å². The molecule has 0 N–H and O–H groups in total. The first-order valence-corrected chi connectivity index (χ1v) is 7.46. The zero-order chi connectivity index (χ0) is 16.1. The lowest BCUT2D eigenvalue weighted by Crippen LogP contribution is -2.04. The van der Waals surface area contributed by atoms with E-state index in [-0.39, 0.29) is 15.5 Å². The van der Waals surface area contributed by atoms with Crippen molar-refractivity contribution in [2.75, 3.05) is 0 Å². The highest BCUT2D eigenvalue weighted by Gasteiger charge is 2.09. The molecule has 0 spiro atoms. The summed E-state index contributed by atoms with van der Waals surface area (Å²) in [4.78, 5) is 11.7. The van der Waals surface area contributed by atoms with Gasteiger partial charge in [0.25, 0.3) is 0 Å². The summed E-state index contributed by atoms with van der Waals surface area (Å²) >= 11 is 0. The van der Waals surface area contributed by atoms with Crippen LogP contribution < -0.4 is 11.1 Å². The van der Waals surface area contributed by atoms with Gasteiger partial charge in [-0.15, -0.1) is 0 Å². The van der Waals surface area contributed by atoms with Crippen LogP contribution in [0, 0.1) is 6.92 Å². The van der Waals surface area contributed by atoms with Gasteiger partial charge in [-0.05, 0) is 24.1 Å². The minimum absolute atomic E-state index is 0. The highest BCUT2D eigenvalue weighted by atomic mass is 31.0. The van der Waals surface area contributed by atoms with E-state index in [1.165, 1.54) is 12.5 Å². The molecule has 118 valence electrons. The van der Waals surface area contributed by atoms with Crippen LogP contribution in [0.5, 0.6) is 0 Å². The fourth-order valence-electron chi connectivity index (χ4n) is 2.28. The normalized spacial score (nSPS) is 9.70. The lowest BCUT2D eigenvalue weighted by Gasteiger charge is -2.08. The van der Waals surface area contributed by atoms with Gasteiger partial charge in [-0.25, -0.2) is 4.79 Å². The second-order valence-electron chi connectivity index (χ2n) is 5.26. The summed E-state index contributed by atoms with van der Waals surface area (Å²) in [5, 5.41) is 0.892. The SMILES string of the molecule is CCC.P.[B]c1ccc2c(-c3ccccc3C)cc(=O)oc2c1. The maximum absolute atomic E-state index is 11.7. The van der Waals surface area contributed by atoms with Gasteiger partial charge >= 0.3 is 5.63 Å². The van der Waals surface area contributed by atoms with Crippen LogP contribution in [0.25, 0.3) is 22.1 Å². The third-order valence-electron chi connectivity index (χ3n) is 3.20. The Bertz CT molecular complexity index is 840. The number of fused-ring (bicyclic) bond motifs is 1. The highest BCUT2D eigenvalue weighted by Crippen LogP contribution is 2.28. The van der Waals surface area contributed by atoms with Crippen LogP contribution in [0.2, 0.25) is 0 Å². The number of benzene rings is 2. The van der Waals surface area contributed by atoms with E-state index in [0.717, 1.165) is 22.1 Å². The lowest BCUT2D eigenvalue weighted by atomic mass is 9.92. The van der Waals surface area contributed by atoms with Crippen molar-refractivity contribution in [2.24, 2.45) is 0 Å². The Morgan fingerprint density at radius 1 is 1.00 bits per heavy atom. The molecule has 2 aromatic carbocycles. The predicted molar refractivity (Wildman–Crippen MR) is 105 cm³/mol. The molecule has 2 radical (unpaired) electrons. The van der Waals surface area contributed by atoms with E-state index in [2.05, 4.69) is 13.8 Å². The van der Waals surface area contributed by atoms with E-state index in [9.17, 15) is 4.79 Å². The topological polar surface area (TPSA) is 30.2 Å². The van der Waals surface area contributed by atoms with E-state index in [1.807, 2.05) is 43.3 Å². The molecule has 0 saturated heterocycles. The Morgan fingerprint density at radius 3 is 2.30 bits per heavy atom. The Morgan fingerprint density at radius 2 is 1.65 bits per heavy atom. The van der Waals surface area contributed by atoms with E-state index >= 15 is 0 Å². The van der Waals surface area contributed by atoms with Gasteiger partial charge in [-0.2, -0.15) is 9.90 Å². The molecule has 3 rings (SSSR count). The zero-order valence-electron chi connectivity index (χ0n) is 13.9. The van der Waals surface area contributed by atoms with Crippen molar-refractivity contribution in [3.05, 3.63) is 64.5 Å². The summed E-state index contributed by atoms with van der Waals surface area (Å²) in [7, 11) is 5.73. The van der Waals surface area contributed by atoms with E-state index in [1.54, 1.807) is 6.07 Å². The van der Waals surface area contributed by atoms with Crippen LogP contribution in [0.4, 0.5) is 0 Å². The molecule has 4 heteroatoms. The van der Waals surface area contributed by atoms with Crippen molar-refractivity contribution in [1.82, 2.24) is 0 Å². The van der Waals surface area contributed by atoms with Gasteiger partial charge in [0.15, 0.2) is 0 Å². The molecule has 1 aromatic heterocycles. The Balaban J connectivity index is 0.000000615. The first-order chi connectivity index (χ1) is 10.6. The molecule has 0 fully saturated rings. The van der Waals surface area contributed by atoms with Gasteiger partial charge in [-0.1, -0.05) is 62.1 Å². The molecule has 0 bridgehead atoms. The summed E-state index contributed by atoms with van der Waals surface area (Å²) in [5.74, 6) is 0. The van der Waals surface area contributed by atoms with Gasteiger partial charge in [0, 0.05) is 17.0 Å². The molecule has 0 aliphatic heterocycles. The molecule has 1 unspecified atom stereocenters. The van der Waals surface area contributed by atoms with Gasteiger partial charge in [0.05, 0.1) is 0 Å². The minimum Gasteiger partial charge on any atom is -0.423 e. The zero-order valence-corrected chi connectivity index (χ0v) is 15.3. The Labute approximate surface area is 142 Å². The first kappa shape index (κ1) is 19.2. The van der Waals surface area contributed by atoms with E-state index in [4.69, 9.17) is 12.3 Å². The van der Waals surface area contributed by atoms with Gasteiger partial charge < -0.3 is 4.42 Å². The number of rotatable bonds is 1. The molecule has 2 nitrogen and oxygen atoms in total. The molecule has 0 aliphatic carbocycles. The highest BCUT2D eigenvalue weighted by molar-refractivity contribution is 6.92. The minimum atomic E-state index is -0.364. The second-order valence-corrected chi connectivity index (χ2v) is 5.26. The molecule has 23 heavy (non-hydrogen) atoms. The predicted octanol–water partition coefficient (Wildman–Crippen LogP) is 4.04. The van der Waals surface area contributed by atoms with Crippen molar-refractivity contribution in [2.45, 2.75) is 27.2 Å². The Hall–Kier alpha value is -1.86. The van der Waals surface area contributed by atoms with Crippen molar-refractivity contribution >= 4 is 34.2 Å². The summed E-state index contributed by atoms with van der Waals surface area (Å²) in [6.45, 7) is 6.27. The van der Waals surface area contributed by atoms with Crippen molar-refractivity contribution in [3.63, 3.8) is 0 Å². The van der Waals surface area contributed by atoms with Crippen LogP contribution in [0.15, 0.2) is 57.7 Å². The number of aryl methyl sites for hydroxylation is 1. The third kappa shape index (κ3) is 4.56. The maximum Gasteiger partial charge on any atom is 0.336 e. The van der Waals surface area contributed by atoms with Crippen LogP contribution in [-0.2, 0) is 0 Å². The van der Waals surface area contributed by atoms with Crippen LogP contribution >= 0.6 is 9.90 Å². The van der Waals surface area contributed by atoms with Crippen LogP contribution in [-0.4, -0.2) is 7.85 Å². The van der Waals surface area contributed by atoms with E-state index in [0.29, 0.717) is 11.0 Å². The lowest BCUT2D eigenvalue weighted by molar-refractivity contribution is 0.562. The van der Waals surface area contributed by atoms with Crippen molar-refractivity contribution < 1.29 is 4.42 Å². The standard InChI is InChI=1S/C16H11BO2.C3H8.H3P/c1-10-4-2-3-5-12(10)14-9-16(18)19-15-8-11(17)6-7-13(14)15;1-3-2;/h2-9H,1H3;3H2,1-2H3;1H3. The van der Waals surface area contributed by atoms with Crippen LogP contribution in [0.3, 0.4) is 0 Å². The fourth-order valence-corrected chi connectivity index (χ4v) is 2.28. The molecule has 0 aliphatic rings. The summed E-state index contributed by atoms with van der Waals surface area (Å²) in [5.41, 5.74) is 3.76. The summed E-state index contributed by atoms with van der Waals surface area (Å²) in [6, 6.07) is 14.9. The van der Waals surface area contributed by atoms with Gasteiger partial charge in [0.1, 0.15) is 13.4 Å². The molecular weight excluding hydrogens is 302 g/mol. The van der Waals surface area contributed by atoms with Gasteiger partial charge in [0.2, 0.25) is 0 Å². The molecular formula is C19H22BO2P. The quantitative estimate of drug-likeness (QED) is 0.384. The number of hydrogen-bond donors (Lipinski definition) is 0. The molecule has 1 heterocycles. The fraction of sp³-hybridized carbons (Fsp3) is 0.211. The van der Waals surface area contributed by atoms with Crippen molar-refractivity contribution in [1.29, 1.82) is 0 Å². The first-order valence-electron chi connectivity index (χ1n) is 7.46. The largest absolute Gasteiger partial charge is 0.423 e. The smallest absolute Gasteiger partial charge is 0.336 e. The Kier molecular flexibility index (Phi) is 7.25. The average Bonchev–Trinajstić information content (AvgIpc) is 2.47. The summed E-state index contributed by atoms with van der Waals surface area (Å²) in [6.07, 6.45) is 1.25. The van der Waals surface area contributed by atoms with Crippen molar-refractivity contribution in [3.8, 4) is 11.1 Å². The molecule has 0 saturated carbocycles. The molecule has 0 amide bonds. The second kappa shape index (κ2) is 8.69. The third-order valence-corrected chi connectivity index (χ3v) is 3.20. The molecule has 1 atom stereocenters.